The molecule has 0 fully saturated rings. The predicted octanol–water partition coefficient (Wildman–Crippen LogP) is 5.25. The molecule has 0 bridgehead atoms. The molecule has 0 saturated carbocycles. The Hall–Kier alpha value is -2.22. The molecular weight excluding hydrogens is 308 g/mol. The van der Waals surface area contributed by atoms with Crippen LogP contribution in [0.2, 0.25) is 0 Å². The van der Waals surface area contributed by atoms with Crippen molar-refractivity contribution in [3.05, 3.63) is 58.7 Å². The quantitative estimate of drug-likeness (QED) is 0.753. The number of aromatic hydroxyl groups is 2. The Morgan fingerprint density at radius 3 is 2.20 bits per heavy atom. The average molecular weight is 334 g/mol. The minimum Gasteiger partial charge on any atom is -0.507 e. The summed E-state index contributed by atoms with van der Waals surface area (Å²) in [5, 5.41) is 22.1. The molecule has 4 rings (SSSR count). The maximum atomic E-state index is 11.1. The van der Waals surface area contributed by atoms with Crippen molar-refractivity contribution in [2.45, 2.75) is 57.8 Å². The Bertz CT molecular complexity index is 833. The van der Waals surface area contributed by atoms with Gasteiger partial charge in [-0.3, -0.25) is 0 Å². The van der Waals surface area contributed by atoms with Crippen LogP contribution < -0.4 is 0 Å². The Morgan fingerprint density at radius 1 is 0.840 bits per heavy atom. The van der Waals surface area contributed by atoms with Gasteiger partial charge in [0.2, 0.25) is 0 Å². The highest BCUT2D eigenvalue weighted by atomic mass is 16.3. The van der Waals surface area contributed by atoms with Crippen molar-refractivity contribution in [2.24, 2.45) is 0 Å². The van der Waals surface area contributed by atoms with Crippen LogP contribution in [-0.2, 0) is 32.1 Å². The highest BCUT2D eigenvalue weighted by molar-refractivity contribution is 5.82. The molecule has 2 aromatic rings. The van der Waals surface area contributed by atoms with Gasteiger partial charge in [0.05, 0.1) is 0 Å². The van der Waals surface area contributed by atoms with Gasteiger partial charge >= 0.3 is 0 Å². The van der Waals surface area contributed by atoms with Crippen LogP contribution in [0.1, 0.15) is 53.5 Å². The smallest absolute Gasteiger partial charge is 0.127 e. The van der Waals surface area contributed by atoms with Gasteiger partial charge in [-0.15, -0.1) is 6.58 Å². The van der Waals surface area contributed by atoms with Gasteiger partial charge in [0, 0.05) is 11.1 Å². The molecule has 2 aliphatic rings. The highest BCUT2D eigenvalue weighted by Crippen LogP contribution is 2.46. The molecule has 0 atom stereocenters. The molecule has 2 aromatic carbocycles. The van der Waals surface area contributed by atoms with E-state index in [1.165, 1.54) is 24.0 Å². The number of aryl methyl sites for hydroxylation is 2. The van der Waals surface area contributed by atoms with Gasteiger partial charge in [-0.1, -0.05) is 24.3 Å². The molecule has 0 heterocycles. The van der Waals surface area contributed by atoms with E-state index in [0.717, 1.165) is 66.3 Å². The molecule has 0 spiro atoms. The lowest BCUT2D eigenvalue weighted by Crippen LogP contribution is -2.07. The summed E-state index contributed by atoms with van der Waals surface area (Å²) in [6.07, 6.45) is 11.1. The Kier molecular flexibility index (Phi) is 4.29. The van der Waals surface area contributed by atoms with Crippen LogP contribution in [0.3, 0.4) is 0 Å². The van der Waals surface area contributed by atoms with Crippen LogP contribution in [0.4, 0.5) is 0 Å². The lowest BCUT2D eigenvalue weighted by molar-refractivity contribution is 0.455. The molecule has 130 valence electrons. The second-order valence-corrected chi connectivity index (χ2v) is 7.40. The van der Waals surface area contributed by atoms with E-state index in [-0.39, 0.29) is 0 Å². The molecule has 0 amide bonds. The Morgan fingerprint density at radius 2 is 1.48 bits per heavy atom. The Labute approximate surface area is 149 Å². The summed E-state index contributed by atoms with van der Waals surface area (Å²) in [6, 6.07) is 6.36. The van der Waals surface area contributed by atoms with E-state index >= 15 is 0 Å². The van der Waals surface area contributed by atoms with E-state index in [1.807, 2.05) is 12.1 Å². The summed E-state index contributed by atoms with van der Waals surface area (Å²) in [5.41, 5.74) is 7.34. The number of allylic oxidation sites excluding steroid dienone is 1. The largest absolute Gasteiger partial charge is 0.507 e. The molecule has 2 heteroatoms. The van der Waals surface area contributed by atoms with E-state index in [9.17, 15) is 10.2 Å². The Balaban J connectivity index is 1.94. The second kappa shape index (κ2) is 6.59. The second-order valence-electron chi connectivity index (χ2n) is 7.40. The van der Waals surface area contributed by atoms with Gasteiger partial charge in [0.15, 0.2) is 0 Å². The van der Waals surface area contributed by atoms with Crippen LogP contribution in [0.25, 0.3) is 11.1 Å². The molecule has 0 radical (unpaired) electrons. The minimum absolute atomic E-state index is 0.369. The standard InChI is InChI=1S/C23H26O2/c1-2-7-17-14-16-9-4-6-11-19(16)23(25)21(17)20-13-12-15-8-3-5-10-18(15)22(20)24/h2,12-14,24-25H,1,3-11H2. The molecular formula is C23H26O2. The predicted molar refractivity (Wildman–Crippen MR) is 102 cm³/mol. The number of fused-ring (bicyclic) bond motifs is 2. The first-order valence-electron chi connectivity index (χ1n) is 9.52. The molecule has 0 aromatic heterocycles. The van der Waals surface area contributed by atoms with E-state index in [0.29, 0.717) is 17.9 Å². The summed E-state index contributed by atoms with van der Waals surface area (Å²) in [6.45, 7) is 3.88. The van der Waals surface area contributed by atoms with Crippen LogP contribution in [0, 0.1) is 0 Å². The van der Waals surface area contributed by atoms with Crippen LogP contribution >= 0.6 is 0 Å². The van der Waals surface area contributed by atoms with E-state index in [4.69, 9.17) is 0 Å². The summed E-state index contributed by atoms with van der Waals surface area (Å²) >= 11 is 0. The number of benzene rings is 2. The van der Waals surface area contributed by atoms with Gasteiger partial charge in [0.25, 0.3) is 0 Å². The first kappa shape index (κ1) is 16.3. The normalized spacial score (nSPS) is 16.2. The van der Waals surface area contributed by atoms with Gasteiger partial charge in [-0.25, -0.2) is 0 Å². The zero-order chi connectivity index (χ0) is 17.4. The molecule has 2 aliphatic carbocycles. The molecule has 25 heavy (non-hydrogen) atoms. The van der Waals surface area contributed by atoms with E-state index in [2.05, 4.69) is 18.7 Å². The fourth-order valence-electron chi connectivity index (χ4n) is 4.57. The zero-order valence-electron chi connectivity index (χ0n) is 14.8. The number of hydrogen-bond acceptors (Lipinski definition) is 2. The SMILES string of the molecule is C=CCc1cc2c(c(O)c1-c1ccc3c(c1O)CCCC3)CCCC2. The van der Waals surface area contributed by atoms with Crippen molar-refractivity contribution < 1.29 is 10.2 Å². The van der Waals surface area contributed by atoms with E-state index in [1.54, 1.807) is 0 Å². The van der Waals surface area contributed by atoms with Gasteiger partial charge < -0.3 is 10.2 Å². The lowest BCUT2D eigenvalue weighted by atomic mass is 9.82. The summed E-state index contributed by atoms with van der Waals surface area (Å²) < 4.78 is 0. The minimum atomic E-state index is 0.369. The third-order valence-electron chi connectivity index (χ3n) is 5.84. The third kappa shape index (κ3) is 2.74. The molecule has 0 aliphatic heterocycles. The van der Waals surface area contributed by atoms with Gasteiger partial charge in [-0.2, -0.15) is 0 Å². The zero-order valence-corrected chi connectivity index (χ0v) is 14.8. The topological polar surface area (TPSA) is 40.5 Å². The van der Waals surface area contributed by atoms with Crippen molar-refractivity contribution in [1.29, 1.82) is 0 Å². The van der Waals surface area contributed by atoms with E-state index < -0.39 is 0 Å². The fourth-order valence-corrected chi connectivity index (χ4v) is 4.57. The first-order valence-corrected chi connectivity index (χ1v) is 9.52. The van der Waals surface area contributed by atoms with Crippen molar-refractivity contribution in [3.63, 3.8) is 0 Å². The highest BCUT2D eigenvalue weighted by Gasteiger charge is 2.24. The summed E-state index contributed by atoms with van der Waals surface area (Å²) in [7, 11) is 0. The lowest BCUT2D eigenvalue weighted by Gasteiger charge is -2.24. The number of phenols is 2. The molecule has 0 saturated heterocycles. The van der Waals surface area contributed by atoms with Crippen molar-refractivity contribution in [1.82, 2.24) is 0 Å². The number of hydrogen-bond donors (Lipinski definition) is 2. The molecule has 0 unspecified atom stereocenters. The van der Waals surface area contributed by atoms with Crippen LogP contribution in [0.15, 0.2) is 30.9 Å². The summed E-state index contributed by atoms with van der Waals surface area (Å²) in [4.78, 5) is 0. The monoisotopic (exact) mass is 334 g/mol. The van der Waals surface area contributed by atoms with Crippen molar-refractivity contribution in [3.8, 4) is 22.6 Å². The van der Waals surface area contributed by atoms with Crippen molar-refractivity contribution >= 4 is 0 Å². The van der Waals surface area contributed by atoms with Crippen molar-refractivity contribution in [2.75, 3.05) is 0 Å². The van der Waals surface area contributed by atoms with Gasteiger partial charge in [0.1, 0.15) is 11.5 Å². The number of phenolic OH excluding ortho intramolecular Hbond substituents is 2. The maximum Gasteiger partial charge on any atom is 0.127 e. The third-order valence-corrected chi connectivity index (χ3v) is 5.84. The van der Waals surface area contributed by atoms with Gasteiger partial charge in [-0.05, 0) is 85.6 Å². The summed E-state index contributed by atoms with van der Waals surface area (Å²) in [5.74, 6) is 0.744. The van der Waals surface area contributed by atoms with Crippen LogP contribution in [-0.4, -0.2) is 10.2 Å². The first-order chi connectivity index (χ1) is 12.2. The number of rotatable bonds is 3. The molecule has 2 N–H and O–H groups in total. The maximum absolute atomic E-state index is 11.1. The molecule has 2 nitrogen and oxygen atoms in total. The van der Waals surface area contributed by atoms with Crippen LogP contribution in [0.5, 0.6) is 11.5 Å². The average Bonchev–Trinajstić information content (AvgIpc) is 2.64. The fraction of sp³-hybridized carbons (Fsp3) is 0.391.